The zero-order chi connectivity index (χ0) is 14.1. The van der Waals surface area contributed by atoms with Crippen molar-refractivity contribution in [2.45, 2.75) is 31.2 Å². The van der Waals surface area contributed by atoms with Crippen LogP contribution < -0.4 is 5.32 Å². The summed E-state index contributed by atoms with van der Waals surface area (Å²) in [6.45, 7) is 0.979. The van der Waals surface area contributed by atoms with Crippen LogP contribution in [0.1, 0.15) is 30.7 Å². The molecular weight excluding hydrogens is 248 g/mol. The Bertz CT molecular complexity index is 471. The number of benzene rings is 1. The van der Waals surface area contributed by atoms with Gasteiger partial charge in [0.25, 0.3) is 0 Å². The van der Waals surface area contributed by atoms with Crippen molar-refractivity contribution in [2.24, 2.45) is 11.8 Å². The fraction of sp³-hybridized carbons (Fsp3) is 0.588. The van der Waals surface area contributed by atoms with Gasteiger partial charge in [0.2, 0.25) is 5.91 Å². The fourth-order valence-corrected chi connectivity index (χ4v) is 3.65. The Hall–Kier alpha value is -1.35. The summed E-state index contributed by atoms with van der Waals surface area (Å²) in [7, 11) is 3.69. The first-order valence-electron chi connectivity index (χ1n) is 7.66. The average Bonchev–Trinajstić information content (AvgIpc) is 3.28. The number of carbonyl (C=O) groups excluding carboxylic acids is 1. The lowest BCUT2D eigenvalue weighted by Crippen LogP contribution is -2.48. The minimum atomic E-state index is 0.0285. The molecule has 3 nitrogen and oxygen atoms in total. The maximum absolute atomic E-state index is 12.1. The van der Waals surface area contributed by atoms with Crippen molar-refractivity contribution >= 4 is 5.91 Å². The van der Waals surface area contributed by atoms with Crippen molar-refractivity contribution in [3.63, 3.8) is 0 Å². The van der Waals surface area contributed by atoms with Crippen LogP contribution >= 0.6 is 0 Å². The lowest BCUT2D eigenvalue weighted by Gasteiger charge is -2.31. The zero-order valence-electron chi connectivity index (χ0n) is 12.4. The molecule has 0 bridgehead atoms. The first-order chi connectivity index (χ1) is 9.66. The zero-order valence-corrected chi connectivity index (χ0v) is 12.4. The predicted octanol–water partition coefficient (Wildman–Crippen LogP) is 2.25. The van der Waals surface area contributed by atoms with Crippen LogP contribution in [0, 0.1) is 11.8 Å². The van der Waals surface area contributed by atoms with Gasteiger partial charge in [-0.2, -0.15) is 0 Å². The number of nitrogens with zero attached hydrogens (tertiary/aromatic N) is 1. The Kier molecular flexibility index (Phi) is 3.79. The van der Waals surface area contributed by atoms with Gasteiger partial charge < -0.3 is 10.2 Å². The number of rotatable bonds is 3. The van der Waals surface area contributed by atoms with E-state index in [0.29, 0.717) is 5.92 Å². The molecular formula is C17H24N2O. The van der Waals surface area contributed by atoms with E-state index in [1.165, 1.54) is 18.4 Å². The van der Waals surface area contributed by atoms with E-state index in [9.17, 15) is 4.79 Å². The Balaban J connectivity index is 1.61. The van der Waals surface area contributed by atoms with Crippen LogP contribution in [-0.2, 0) is 4.79 Å². The van der Waals surface area contributed by atoms with E-state index >= 15 is 0 Å². The van der Waals surface area contributed by atoms with E-state index in [-0.39, 0.29) is 11.9 Å². The van der Waals surface area contributed by atoms with Gasteiger partial charge in [-0.3, -0.25) is 4.79 Å². The molecule has 1 heterocycles. The lowest BCUT2D eigenvalue weighted by molar-refractivity contribution is -0.131. The van der Waals surface area contributed by atoms with Crippen LogP contribution in [0.3, 0.4) is 0 Å². The Morgan fingerprint density at radius 3 is 2.65 bits per heavy atom. The van der Waals surface area contributed by atoms with Crippen molar-refractivity contribution < 1.29 is 4.79 Å². The third-order valence-corrected chi connectivity index (χ3v) is 4.86. The van der Waals surface area contributed by atoms with E-state index in [2.05, 4.69) is 35.6 Å². The molecule has 1 saturated carbocycles. The van der Waals surface area contributed by atoms with Crippen LogP contribution in [0.4, 0.5) is 0 Å². The topological polar surface area (TPSA) is 32.3 Å². The molecule has 1 saturated heterocycles. The van der Waals surface area contributed by atoms with Gasteiger partial charge in [-0.05, 0) is 49.1 Å². The van der Waals surface area contributed by atoms with Gasteiger partial charge in [0, 0.05) is 14.1 Å². The summed E-state index contributed by atoms with van der Waals surface area (Å²) in [4.78, 5) is 13.8. The van der Waals surface area contributed by atoms with Crippen LogP contribution in [0.2, 0.25) is 0 Å². The summed E-state index contributed by atoms with van der Waals surface area (Å²) in [6.07, 6.45) is 3.52. The number of hydrogen-bond donors (Lipinski definition) is 1. The van der Waals surface area contributed by atoms with Gasteiger partial charge in [-0.15, -0.1) is 0 Å². The number of piperidine rings is 1. The standard InChI is InChI=1S/C17H24N2O/c1-19(2)17(20)16-10-13(8-9-18-16)15-11-14(15)12-6-4-3-5-7-12/h3-7,13-16,18H,8-11H2,1-2H3. The van der Waals surface area contributed by atoms with Gasteiger partial charge in [0.1, 0.15) is 0 Å². The van der Waals surface area contributed by atoms with E-state index < -0.39 is 0 Å². The molecule has 0 spiro atoms. The second-order valence-electron chi connectivity index (χ2n) is 6.44. The minimum absolute atomic E-state index is 0.0285. The monoisotopic (exact) mass is 272 g/mol. The highest BCUT2D eigenvalue weighted by molar-refractivity contribution is 5.81. The molecule has 1 aromatic rings. The number of nitrogens with one attached hydrogen (secondary N) is 1. The SMILES string of the molecule is CN(C)C(=O)C1CC(C2CC2c2ccccc2)CCN1. The van der Waals surface area contributed by atoms with Gasteiger partial charge in [-0.25, -0.2) is 0 Å². The maximum atomic E-state index is 12.1. The fourth-order valence-electron chi connectivity index (χ4n) is 3.65. The van der Waals surface area contributed by atoms with Gasteiger partial charge >= 0.3 is 0 Å². The van der Waals surface area contributed by atoms with E-state index in [4.69, 9.17) is 0 Å². The van der Waals surface area contributed by atoms with Crippen molar-refractivity contribution in [2.75, 3.05) is 20.6 Å². The summed E-state index contributed by atoms with van der Waals surface area (Å²) < 4.78 is 0. The van der Waals surface area contributed by atoms with E-state index in [1.54, 1.807) is 4.90 Å². The molecule has 1 amide bonds. The number of carbonyl (C=O) groups is 1. The quantitative estimate of drug-likeness (QED) is 0.915. The second kappa shape index (κ2) is 5.57. The van der Waals surface area contributed by atoms with Crippen LogP contribution in [-0.4, -0.2) is 37.5 Å². The maximum Gasteiger partial charge on any atom is 0.239 e. The first kappa shape index (κ1) is 13.6. The van der Waals surface area contributed by atoms with Gasteiger partial charge in [-0.1, -0.05) is 30.3 Å². The minimum Gasteiger partial charge on any atom is -0.347 e. The first-order valence-corrected chi connectivity index (χ1v) is 7.66. The molecule has 4 unspecified atom stereocenters. The van der Waals surface area contributed by atoms with E-state index in [1.807, 2.05) is 14.1 Å². The van der Waals surface area contributed by atoms with Crippen LogP contribution in [0.5, 0.6) is 0 Å². The Morgan fingerprint density at radius 2 is 1.95 bits per heavy atom. The van der Waals surface area contributed by atoms with Crippen LogP contribution in [0.25, 0.3) is 0 Å². The molecule has 1 aromatic carbocycles. The molecule has 4 atom stereocenters. The molecule has 3 rings (SSSR count). The predicted molar refractivity (Wildman–Crippen MR) is 80.5 cm³/mol. The molecule has 1 aliphatic heterocycles. The highest BCUT2D eigenvalue weighted by atomic mass is 16.2. The summed E-state index contributed by atoms with van der Waals surface area (Å²) in [6, 6.07) is 10.9. The normalized spacial score (nSPS) is 32.7. The number of likely N-dealkylation sites (N-methyl/N-ethyl adjacent to an activating group) is 1. The van der Waals surface area contributed by atoms with Crippen molar-refractivity contribution in [3.05, 3.63) is 35.9 Å². The largest absolute Gasteiger partial charge is 0.347 e. The third-order valence-electron chi connectivity index (χ3n) is 4.86. The Labute approximate surface area is 121 Å². The Morgan fingerprint density at radius 1 is 1.20 bits per heavy atom. The highest BCUT2D eigenvalue weighted by Gasteiger charge is 2.45. The summed E-state index contributed by atoms with van der Waals surface area (Å²) in [5, 5.41) is 3.38. The summed E-state index contributed by atoms with van der Waals surface area (Å²) in [5.74, 6) is 2.45. The third kappa shape index (κ3) is 2.73. The molecule has 2 aliphatic rings. The second-order valence-corrected chi connectivity index (χ2v) is 6.44. The molecule has 0 radical (unpaired) electrons. The van der Waals surface area contributed by atoms with Gasteiger partial charge in [0.15, 0.2) is 0 Å². The van der Waals surface area contributed by atoms with E-state index in [0.717, 1.165) is 24.8 Å². The molecule has 20 heavy (non-hydrogen) atoms. The van der Waals surface area contributed by atoms with Gasteiger partial charge in [0.05, 0.1) is 6.04 Å². The van der Waals surface area contributed by atoms with Crippen molar-refractivity contribution in [1.82, 2.24) is 10.2 Å². The smallest absolute Gasteiger partial charge is 0.239 e. The molecule has 2 fully saturated rings. The molecule has 1 N–H and O–H groups in total. The molecule has 3 heteroatoms. The van der Waals surface area contributed by atoms with Crippen molar-refractivity contribution in [1.29, 1.82) is 0 Å². The highest BCUT2D eigenvalue weighted by Crippen LogP contribution is 2.54. The molecule has 108 valence electrons. The van der Waals surface area contributed by atoms with Crippen molar-refractivity contribution in [3.8, 4) is 0 Å². The number of hydrogen-bond acceptors (Lipinski definition) is 2. The summed E-state index contributed by atoms with van der Waals surface area (Å²) in [5.41, 5.74) is 1.48. The van der Waals surface area contributed by atoms with Crippen LogP contribution in [0.15, 0.2) is 30.3 Å². The number of amides is 1. The molecule has 1 aliphatic carbocycles. The molecule has 0 aromatic heterocycles. The average molecular weight is 272 g/mol. The summed E-state index contributed by atoms with van der Waals surface area (Å²) >= 11 is 0. The lowest BCUT2D eigenvalue weighted by atomic mass is 9.86.